The minimum absolute atomic E-state index is 0.705. The number of hydrogen-bond donors (Lipinski definition) is 0. The molecule has 148 valence electrons. The molecule has 1 aromatic heterocycles. The van der Waals surface area contributed by atoms with Crippen LogP contribution in [0.15, 0.2) is 36.4 Å². The van der Waals surface area contributed by atoms with Gasteiger partial charge in [-0.2, -0.15) is 5.10 Å². The minimum Gasteiger partial charge on any atom is -0.302 e. The van der Waals surface area contributed by atoms with Gasteiger partial charge in [-0.05, 0) is 84.3 Å². The van der Waals surface area contributed by atoms with E-state index in [-0.39, 0.29) is 0 Å². The Hall–Kier alpha value is -1.65. The van der Waals surface area contributed by atoms with Gasteiger partial charge in [0.25, 0.3) is 0 Å². The average Bonchev–Trinajstić information content (AvgIpc) is 3.00. The lowest BCUT2D eigenvalue weighted by molar-refractivity contribution is 0.113. The highest BCUT2D eigenvalue weighted by Gasteiger charge is 2.22. The van der Waals surface area contributed by atoms with Crippen LogP contribution in [0.25, 0.3) is 0 Å². The van der Waals surface area contributed by atoms with Gasteiger partial charge in [0, 0.05) is 24.8 Å². The third-order valence-electron chi connectivity index (χ3n) is 5.87. The molecule has 0 aliphatic carbocycles. The van der Waals surface area contributed by atoms with E-state index >= 15 is 0 Å². The molecule has 0 N–H and O–H groups in total. The highest BCUT2D eigenvalue weighted by molar-refractivity contribution is 5.14. The van der Waals surface area contributed by atoms with Crippen molar-refractivity contribution < 1.29 is 0 Å². The highest BCUT2D eigenvalue weighted by Crippen LogP contribution is 2.16. The van der Waals surface area contributed by atoms with Crippen LogP contribution >= 0.6 is 0 Å². The fourth-order valence-corrected chi connectivity index (χ4v) is 4.30. The lowest BCUT2D eigenvalue weighted by Crippen LogP contribution is -2.47. The summed E-state index contributed by atoms with van der Waals surface area (Å²) < 4.78 is 2.15. The molecule has 1 aliphatic rings. The van der Waals surface area contributed by atoms with Gasteiger partial charge >= 0.3 is 0 Å². The Kier molecular flexibility index (Phi) is 7.48. The molecule has 2 aromatic rings. The summed E-state index contributed by atoms with van der Waals surface area (Å²) in [4.78, 5) is 5.25. The highest BCUT2D eigenvalue weighted by atomic mass is 15.3. The molecule has 1 fully saturated rings. The number of hydrogen-bond acceptors (Lipinski definition) is 3. The summed E-state index contributed by atoms with van der Waals surface area (Å²) in [5, 5.41) is 4.58. The first-order valence-electron chi connectivity index (χ1n) is 10.6. The van der Waals surface area contributed by atoms with Crippen LogP contribution in [-0.2, 0) is 13.0 Å². The fraction of sp³-hybridized carbons (Fsp3) is 0.609. The maximum absolute atomic E-state index is 4.58. The lowest BCUT2D eigenvalue weighted by Gasteiger charge is -2.37. The van der Waals surface area contributed by atoms with E-state index in [1.807, 2.05) is 0 Å². The normalized spacial score (nSPS) is 18.3. The number of nitrogens with zero attached hydrogens (tertiary/aromatic N) is 4. The molecule has 0 spiro atoms. The van der Waals surface area contributed by atoms with Crippen molar-refractivity contribution in [1.82, 2.24) is 19.6 Å². The van der Waals surface area contributed by atoms with E-state index in [4.69, 9.17) is 0 Å². The van der Waals surface area contributed by atoms with Crippen LogP contribution in [0.3, 0.4) is 0 Å². The van der Waals surface area contributed by atoms with E-state index < -0.39 is 0 Å². The number of likely N-dealkylation sites (N-methyl/N-ethyl adjacent to an activating group) is 1. The summed E-state index contributed by atoms with van der Waals surface area (Å²) in [7, 11) is 2.30. The van der Waals surface area contributed by atoms with Crippen LogP contribution in [0.2, 0.25) is 0 Å². The molecule has 0 radical (unpaired) electrons. The van der Waals surface area contributed by atoms with Crippen LogP contribution in [-0.4, -0.2) is 58.8 Å². The zero-order valence-electron chi connectivity index (χ0n) is 17.4. The maximum atomic E-state index is 4.58. The van der Waals surface area contributed by atoms with Gasteiger partial charge in [-0.25, -0.2) is 0 Å². The largest absolute Gasteiger partial charge is 0.302 e. The monoisotopic (exact) mass is 368 g/mol. The van der Waals surface area contributed by atoms with Crippen molar-refractivity contribution in [2.75, 3.05) is 33.2 Å². The second-order valence-electron chi connectivity index (χ2n) is 8.17. The topological polar surface area (TPSA) is 24.3 Å². The molecule has 1 saturated heterocycles. The molecule has 0 amide bonds. The molecule has 4 nitrogen and oxygen atoms in total. The van der Waals surface area contributed by atoms with Crippen molar-refractivity contribution in [1.29, 1.82) is 0 Å². The standard InChI is InChI=1S/C23H36N4/c1-20-18-21(2)27(24-20)17-9-14-25(3)23-13-8-16-26(19-23)15-7-12-22-10-5-4-6-11-22/h4-6,10-11,18,23H,7-9,12-17,19H2,1-3H3. The minimum atomic E-state index is 0.705. The average molecular weight is 369 g/mol. The number of rotatable bonds is 9. The number of aryl methyl sites for hydroxylation is 4. The van der Waals surface area contributed by atoms with E-state index in [1.54, 1.807) is 0 Å². The Morgan fingerprint density at radius 1 is 1.11 bits per heavy atom. The first-order chi connectivity index (χ1) is 13.1. The Morgan fingerprint density at radius 3 is 2.67 bits per heavy atom. The molecular weight excluding hydrogens is 332 g/mol. The quantitative estimate of drug-likeness (QED) is 0.670. The van der Waals surface area contributed by atoms with Gasteiger partial charge in [0.05, 0.1) is 5.69 Å². The number of likely N-dealkylation sites (tertiary alicyclic amines) is 1. The second-order valence-corrected chi connectivity index (χ2v) is 8.17. The Balaban J connectivity index is 1.37. The molecular formula is C23H36N4. The van der Waals surface area contributed by atoms with Crippen LogP contribution in [0, 0.1) is 13.8 Å². The molecule has 27 heavy (non-hydrogen) atoms. The molecule has 0 bridgehead atoms. The molecule has 1 aliphatic heterocycles. The summed E-state index contributed by atoms with van der Waals surface area (Å²) in [5.41, 5.74) is 3.86. The first-order valence-corrected chi connectivity index (χ1v) is 10.6. The van der Waals surface area contributed by atoms with Crippen molar-refractivity contribution in [2.45, 2.75) is 58.5 Å². The van der Waals surface area contributed by atoms with Gasteiger partial charge in [0.15, 0.2) is 0 Å². The zero-order chi connectivity index (χ0) is 19.1. The fourth-order valence-electron chi connectivity index (χ4n) is 4.30. The van der Waals surface area contributed by atoms with Crippen molar-refractivity contribution in [3.8, 4) is 0 Å². The van der Waals surface area contributed by atoms with Crippen molar-refractivity contribution in [3.63, 3.8) is 0 Å². The number of piperidine rings is 1. The Morgan fingerprint density at radius 2 is 1.93 bits per heavy atom. The summed E-state index contributed by atoms with van der Waals surface area (Å²) in [6.45, 7) is 10.1. The van der Waals surface area contributed by atoms with Gasteiger partial charge in [-0.15, -0.1) is 0 Å². The SMILES string of the molecule is Cc1cc(C)n(CCCN(C)C2CCCN(CCCc3ccccc3)C2)n1. The lowest BCUT2D eigenvalue weighted by atomic mass is 10.0. The predicted molar refractivity (Wildman–Crippen MR) is 113 cm³/mol. The predicted octanol–water partition coefficient (Wildman–Crippen LogP) is 3.92. The zero-order valence-corrected chi connectivity index (χ0v) is 17.4. The maximum Gasteiger partial charge on any atom is 0.0596 e. The van der Waals surface area contributed by atoms with Gasteiger partial charge in [0.2, 0.25) is 0 Å². The van der Waals surface area contributed by atoms with Gasteiger partial charge in [0.1, 0.15) is 0 Å². The summed E-state index contributed by atoms with van der Waals surface area (Å²) in [6, 6.07) is 13.8. The molecule has 1 unspecified atom stereocenters. The van der Waals surface area contributed by atoms with E-state index in [9.17, 15) is 0 Å². The summed E-state index contributed by atoms with van der Waals surface area (Å²) >= 11 is 0. The molecule has 2 heterocycles. The summed E-state index contributed by atoms with van der Waals surface area (Å²) in [5.74, 6) is 0. The summed E-state index contributed by atoms with van der Waals surface area (Å²) in [6.07, 6.45) is 6.30. The molecule has 4 heteroatoms. The van der Waals surface area contributed by atoms with Gasteiger partial charge in [-0.1, -0.05) is 30.3 Å². The third kappa shape index (κ3) is 6.18. The van der Waals surface area contributed by atoms with Crippen LogP contribution in [0.1, 0.15) is 42.6 Å². The van der Waals surface area contributed by atoms with Crippen LogP contribution < -0.4 is 0 Å². The smallest absolute Gasteiger partial charge is 0.0596 e. The number of benzene rings is 1. The van der Waals surface area contributed by atoms with Crippen molar-refractivity contribution in [2.24, 2.45) is 0 Å². The van der Waals surface area contributed by atoms with E-state index in [1.165, 1.54) is 63.0 Å². The third-order valence-corrected chi connectivity index (χ3v) is 5.87. The van der Waals surface area contributed by atoms with Crippen molar-refractivity contribution >= 4 is 0 Å². The Bertz CT molecular complexity index is 679. The molecule has 3 rings (SSSR count). The van der Waals surface area contributed by atoms with E-state index in [2.05, 4.69) is 76.9 Å². The second kappa shape index (κ2) is 10.0. The van der Waals surface area contributed by atoms with Gasteiger partial charge < -0.3 is 9.80 Å². The van der Waals surface area contributed by atoms with Crippen LogP contribution in [0.5, 0.6) is 0 Å². The van der Waals surface area contributed by atoms with Gasteiger partial charge in [-0.3, -0.25) is 4.68 Å². The van der Waals surface area contributed by atoms with Crippen molar-refractivity contribution in [3.05, 3.63) is 53.3 Å². The molecule has 1 aromatic carbocycles. The first kappa shape index (κ1) is 20.1. The number of aromatic nitrogens is 2. The van der Waals surface area contributed by atoms with Crippen LogP contribution in [0.4, 0.5) is 0 Å². The molecule has 1 atom stereocenters. The Labute approximate surface area is 165 Å². The molecule has 0 saturated carbocycles. The van der Waals surface area contributed by atoms with E-state index in [0.29, 0.717) is 6.04 Å². The van der Waals surface area contributed by atoms with E-state index in [0.717, 1.165) is 18.8 Å².